The maximum atomic E-state index is 12.2. The summed E-state index contributed by atoms with van der Waals surface area (Å²) >= 11 is 6.01. The van der Waals surface area contributed by atoms with E-state index in [1.54, 1.807) is 25.2 Å². The standard InChI is InChI=1S/C14H14ClN3O3/c1-8-3-4-10(11(15)5-8)13(19)17-12(14(20)21)9-6-16-18(2)7-9/h3-7,12H,1-2H3,(H,17,19)(H,20,21). The van der Waals surface area contributed by atoms with Crippen molar-refractivity contribution in [3.05, 3.63) is 52.3 Å². The van der Waals surface area contributed by atoms with E-state index in [9.17, 15) is 14.7 Å². The summed E-state index contributed by atoms with van der Waals surface area (Å²) in [6.45, 7) is 1.85. The van der Waals surface area contributed by atoms with Crippen LogP contribution in [0.4, 0.5) is 0 Å². The summed E-state index contributed by atoms with van der Waals surface area (Å²) in [4.78, 5) is 23.5. The summed E-state index contributed by atoms with van der Waals surface area (Å²) in [6, 6.07) is 3.77. The number of halogens is 1. The maximum absolute atomic E-state index is 12.2. The van der Waals surface area contributed by atoms with Crippen molar-refractivity contribution in [3.8, 4) is 0 Å². The minimum Gasteiger partial charge on any atom is -0.479 e. The molecule has 0 aliphatic carbocycles. The molecule has 0 radical (unpaired) electrons. The Balaban J connectivity index is 2.25. The normalized spacial score (nSPS) is 12.0. The van der Waals surface area contributed by atoms with Crippen molar-refractivity contribution in [2.75, 3.05) is 0 Å². The number of carbonyl (C=O) groups is 2. The maximum Gasteiger partial charge on any atom is 0.331 e. The van der Waals surface area contributed by atoms with Gasteiger partial charge in [-0.3, -0.25) is 9.48 Å². The largest absolute Gasteiger partial charge is 0.479 e. The first-order valence-electron chi connectivity index (χ1n) is 6.17. The molecule has 2 rings (SSSR count). The van der Waals surface area contributed by atoms with Crippen LogP contribution in [-0.4, -0.2) is 26.8 Å². The molecule has 2 N–H and O–H groups in total. The number of carboxylic acids is 1. The predicted molar refractivity (Wildman–Crippen MR) is 77.2 cm³/mol. The molecule has 2 aromatic rings. The van der Waals surface area contributed by atoms with Gasteiger partial charge in [0.15, 0.2) is 6.04 Å². The average Bonchev–Trinajstić information content (AvgIpc) is 2.81. The number of carbonyl (C=O) groups excluding carboxylic acids is 1. The summed E-state index contributed by atoms with van der Waals surface area (Å²) in [5, 5.41) is 15.9. The van der Waals surface area contributed by atoms with Crippen LogP contribution in [0, 0.1) is 6.92 Å². The molecule has 1 atom stereocenters. The lowest BCUT2D eigenvalue weighted by molar-refractivity contribution is -0.139. The van der Waals surface area contributed by atoms with E-state index in [1.807, 2.05) is 6.92 Å². The van der Waals surface area contributed by atoms with Crippen molar-refractivity contribution >= 4 is 23.5 Å². The lowest BCUT2D eigenvalue weighted by atomic mass is 10.1. The minimum absolute atomic E-state index is 0.234. The molecule has 0 saturated heterocycles. The van der Waals surface area contributed by atoms with Crippen molar-refractivity contribution < 1.29 is 14.7 Å². The smallest absolute Gasteiger partial charge is 0.331 e. The minimum atomic E-state index is -1.18. The van der Waals surface area contributed by atoms with Crippen LogP contribution in [-0.2, 0) is 11.8 Å². The summed E-state index contributed by atoms with van der Waals surface area (Å²) in [7, 11) is 1.67. The second kappa shape index (κ2) is 5.97. The molecule has 1 heterocycles. The van der Waals surface area contributed by atoms with E-state index in [1.165, 1.54) is 17.1 Å². The van der Waals surface area contributed by atoms with Crippen LogP contribution in [0.25, 0.3) is 0 Å². The first-order chi connectivity index (χ1) is 9.88. The van der Waals surface area contributed by atoms with E-state index in [4.69, 9.17) is 11.6 Å². The van der Waals surface area contributed by atoms with E-state index in [-0.39, 0.29) is 10.6 Å². The molecule has 0 aliphatic rings. The third kappa shape index (κ3) is 3.41. The van der Waals surface area contributed by atoms with Gasteiger partial charge in [-0.2, -0.15) is 5.10 Å². The Kier molecular flexibility index (Phi) is 4.28. The fraction of sp³-hybridized carbons (Fsp3) is 0.214. The number of aryl methyl sites for hydroxylation is 2. The molecule has 0 spiro atoms. The number of nitrogens with one attached hydrogen (secondary N) is 1. The Labute approximate surface area is 126 Å². The summed E-state index contributed by atoms with van der Waals surface area (Å²) < 4.78 is 1.47. The van der Waals surface area contributed by atoms with Gasteiger partial charge in [0.1, 0.15) is 0 Å². The molecule has 0 saturated carbocycles. The summed E-state index contributed by atoms with van der Waals surface area (Å²) in [5.41, 5.74) is 1.54. The topological polar surface area (TPSA) is 84.2 Å². The molecule has 1 amide bonds. The van der Waals surface area contributed by atoms with Gasteiger partial charge in [0, 0.05) is 18.8 Å². The van der Waals surface area contributed by atoms with Gasteiger partial charge in [0.05, 0.1) is 16.8 Å². The number of carboxylic acid groups (broad SMARTS) is 1. The molecule has 1 unspecified atom stereocenters. The molecule has 7 heteroatoms. The van der Waals surface area contributed by atoms with Crippen molar-refractivity contribution in [2.45, 2.75) is 13.0 Å². The van der Waals surface area contributed by atoms with E-state index in [2.05, 4.69) is 10.4 Å². The molecule has 6 nitrogen and oxygen atoms in total. The van der Waals surface area contributed by atoms with E-state index >= 15 is 0 Å². The Morgan fingerprint density at radius 1 is 1.43 bits per heavy atom. The number of hydrogen-bond acceptors (Lipinski definition) is 3. The highest BCUT2D eigenvalue weighted by atomic mass is 35.5. The van der Waals surface area contributed by atoms with Crippen LogP contribution in [0.2, 0.25) is 5.02 Å². The van der Waals surface area contributed by atoms with Gasteiger partial charge in [-0.15, -0.1) is 0 Å². The van der Waals surface area contributed by atoms with Crippen LogP contribution in [0.3, 0.4) is 0 Å². The SMILES string of the molecule is Cc1ccc(C(=O)NC(C(=O)O)c2cnn(C)c2)c(Cl)c1. The molecule has 1 aromatic carbocycles. The van der Waals surface area contributed by atoms with Crippen molar-refractivity contribution in [2.24, 2.45) is 7.05 Å². The molecule has 110 valence electrons. The van der Waals surface area contributed by atoms with Crippen LogP contribution in [0.5, 0.6) is 0 Å². The Hall–Kier alpha value is -2.34. The van der Waals surface area contributed by atoms with Crippen LogP contribution >= 0.6 is 11.6 Å². The van der Waals surface area contributed by atoms with Crippen molar-refractivity contribution in [1.29, 1.82) is 0 Å². The highest BCUT2D eigenvalue weighted by Crippen LogP contribution is 2.19. The Bertz CT molecular complexity index is 697. The van der Waals surface area contributed by atoms with Crippen LogP contribution in [0.15, 0.2) is 30.6 Å². The lowest BCUT2D eigenvalue weighted by Gasteiger charge is -2.13. The van der Waals surface area contributed by atoms with Gasteiger partial charge in [0.2, 0.25) is 0 Å². The van der Waals surface area contributed by atoms with E-state index < -0.39 is 17.9 Å². The fourth-order valence-corrected chi connectivity index (χ4v) is 2.21. The van der Waals surface area contributed by atoms with Gasteiger partial charge in [-0.25, -0.2) is 4.79 Å². The second-order valence-corrected chi connectivity index (χ2v) is 5.08. The molecule has 0 fully saturated rings. The highest BCUT2D eigenvalue weighted by Gasteiger charge is 2.24. The predicted octanol–water partition coefficient (Wildman–Crippen LogP) is 1.94. The quantitative estimate of drug-likeness (QED) is 0.904. The van der Waals surface area contributed by atoms with Crippen molar-refractivity contribution in [1.82, 2.24) is 15.1 Å². The zero-order chi connectivity index (χ0) is 15.6. The monoisotopic (exact) mass is 307 g/mol. The zero-order valence-electron chi connectivity index (χ0n) is 11.5. The zero-order valence-corrected chi connectivity index (χ0v) is 12.3. The van der Waals surface area contributed by atoms with Gasteiger partial charge < -0.3 is 10.4 Å². The van der Waals surface area contributed by atoms with Crippen LogP contribution in [0.1, 0.15) is 27.5 Å². The molecular weight excluding hydrogens is 294 g/mol. The first kappa shape index (κ1) is 15.1. The van der Waals surface area contributed by atoms with Crippen molar-refractivity contribution in [3.63, 3.8) is 0 Å². The van der Waals surface area contributed by atoms with Gasteiger partial charge in [-0.05, 0) is 24.6 Å². The summed E-state index contributed by atoms with van der Waals surface area (Å²) in [6.07, 6.45) is 2.94. The number of rotatable bonds is 4. The Morgan fingerprint density at radius 2 is 2.14 bits per heavy atom. The molecular formula is C14H14ClN3O3. The number of benzene rings is 1. The van der Waals surface area contributed by atoms with Crippen LogP contribution < -0.4 is 5.32 Å². The average molecular weight is 308 g/mol. The number of hydrogen-bond donors (Lipinski definition) is 2. The van der Waals surface area contributed by atoms with Gasteiger partial charge in [0.25, 0.3) is 5.91 Å². The lowest BCUT2D eigenvalue weighted by Crippen LogP contribution is -2.33. The molecule has 0 bridgehead atoms. The number of amides is 1. The molecule has 1 aromatic heterocycles. The van der Waals surface area contributed by atoms with Gasteiger partial charge in [-0.1, -0.05) is 17.7 Å². The molecule has 21 heavy (non-hydrogen) atoms. The van der Waals surface area contributed by atoms with E-state index in [0.29, 0.717) is 5.56 Å². The molecule has 0 aliphatic heterocycles. The third-order valence-electron chi connectivity index (χ3n) is 2.95. The third-order valence-corrected chi connectivity index (χ3v) is 3.26. The first-order valence-corrected chi connectivity index (χ1v) is 6.54. The fourth-order valence-electron chi connectivity index (χ4n) is 1.89. The van der Waals surface area contributed by atoms with Gasteiger partial charge >= 0.3 is 5.97 Å². The summed E-state index contributed by atoms with van der Waals surface area (Å²) in [5.74, 6) is -1.71. The van der Waals surface area contributed by atoms with E-state index in [0.717, 1.165) is 5.56 Å². The highest BCUT2D eigenvalue weighted by molar-refractivity contribution is 6.34. The number of aliphatic carboxylic acids is 1. The number of nitrogens with zero attached hydrogens (tertiary/aromatic N) is 2. The second-order valence-electron chi connectivity index (χ2n) is 4.68. The Morgan fingerprint density at radius 3 is 2.67 bits per heavy atom. The number of aromatic nitrogens is 2.